The monoisotopic (exact) mass is 281 g/mol. The Kier molecular flexibility index (Phi) is 5.44. The molecule has 0 spiro atoms. The van der Waals surface area contributed by atoms with Crippen molar-refractivity contribution in [2.45, 2.75) is 69.4 Å². The lowest BCUT2D eigenvalue weighted by Crippen LogP contribution is -2.51. The molecule has 0 atom stereocenters. The van der Waals surface area contributed by atoms with E-state index in [0.717, 1.165) is 32.2 Å². The molecule has 4 heteroatoms. The maximum absolute atomic E-state index is 12.2. The van der Waals surface area contributed by atoms with Crippen molar-refractivity contribution in [1.29, 1.82) is 0 Å². The number of carbonyl (C=O) groups is 1. The molecular formula is C16H31N3O. The first-order chi connectivity index (χ1) is 9.52. The normalized spacial score (nSPS) is 29.6. The lowest BCUT2D eigenvalue weighted by molar-refractivity contribution is -0.122. The van der Waals surface area contributed by atoms with E-state index in [9.17, 15) is 4.79 Å². The highest BCUT2D eigenvalue weighted by Crippen LogP contribution is 2.33. The highest BCUT2D eigenvalue weighted by Gasteiger charge is 2.36. The third kappa shape index (κ3) is 3.95. The lowest BCUT2D eigenvalue weighted by atomic mass is 9.84. The summed E-state index contributed by atoms with van der Waals surface area (Å²) in [5, 5.41) is 3.19. The van der Waals surface area contributed by atoms with Gasteiger partial charge in [0.1, 0.15) is 0 Å². The van der Waals surface area contributed by atoms with Crippen molar-refractivity contribution >= 4 is 5.91 Å². The predicted molar refractivity (Wildman–Crippen MR) is 82.4 cm³/mol. The first kappa shape index (κ1) is 15.8. The minimum absolute atomic E-state index is 0.199. The summed E-state index contributed by atoms with van der Waals surface area (Å²) in [6.07, 6.45) is 10.1. The van der Waals surface area contributed by atoms with Crippen molar-refractivity contribution in [2.75, 3.05) is 20.6 Å². The zero-order valence-electron chi connectivity index (χ0n) is 13.2. The van der Waals surface area contributed by atoms with Crippen molar-refractivity contribution in [3.05, 3.63) is 0 Å². The molecular weight excluding hydrogens is 250 g/mol. The molecule has 0 saturated heterocycles. The third-order valence-corrected chi connectivity index (χ3v) is 5.46. The van der Waals surface area contributed by atoms with Gasteiger partial charge in [0.15, 0.2) is 0 Å². The molecule has 0 unspecified atom stereocenters. The number of nitrogens with one attached hydrogen (secondary N) is 1. The van der Waals surface area contributed by atoms with Gasteiger partial charge in [0.05, 0.1) is 0 Å². The van der Waals surface area contributed by atoms with Crippen molar-refractivity contribution in [1.82, 2.24) is 10.2 Å². The highest BCUT2D eigenvalue weighted by atomic mass is 16.1. The molecule has 0 aromatic rings. The Morgan fingerprint density at radius 3 is 2.35 bits per heavy atom. The van der Waals surface area contributed by atoms with Gasteiger partial charge in [-0.15, -0.1) is 0 Å². The zero-order chi connectivity index (χ0) is 14.6. The number of amides is 1. The van der Waals surface area contributed by atoms with Crippen LogP contribution in [0, 0.1) is 5.92 Å². The second-order valence-electron chi connectivity index (χ2n) is 7.09. The smallest absolute Gasteiger partial charge is 0.220 e. The minimum atomic E-state index is 0.199. The van der Waals surface area contributed by atoms with Gasteiger partial charge >= 0.3 is 0 Å². The van der Waals surface area contributed by atoms with Crippen LogP contribution in [-0.4, -0.2) is 43.0 Å². The Balaban J connectivity index is 1.74. The fraction of sp³-hybridized carbons (Fsp3) is 0.938. The van der Waals surface area contributed by atoms with Crippen LogP contribution in [0.5, 0.6) is 0 Å². The van der Waals surface area contributed by atoms with Gasteiger partial charge in [0, 0.05) is 24.5 Å². The maximum Gasteiger partial charge on any atom is 0.220 e. The quantitative estimate of drug-likeness (QED) is 0.809. The van der Waals surface area contributed by atoms with E-state index in [2.05, 4.69) is 24.3 Å². The van der Waals surface area contributed by atoms with Crippen LogP contribution >= 0.6 is 0 Å². The van der Waals surface area contributed by atoms with Crippen molar-refractivity contribution in [3.63, 3.8) is 0 Å². The first-order valence-corrected chi connectivity index (χ1v) is 8.21. The van der Waals surface area contributed by atoms with E-state index in [-0.39, 0.29) is 11.4 Å². The van der Waals surface area contributed by atoms with Crippen LogP contribution in [0.3, 0.4) is 0 Å². The molecule has 4 nitrogen and oxygen atoms in total. The minimum Gasteiger partial charge on any atom is -0.354 e. The molecule has 0 heterocycles. The second-order valence-corrected chi connectivity index (χ2v) is 7.09. The van der Waals surface area contributed by atoms with E-state index in [4.69, 9.17) is 5.73 Å². The van der Waals surface area contributed by atoms with Gasteiger partial charge in [-0.1, -0.05) is 12.8 Å². The fourth-order valence-electron chi connectivity index (χ4n) is 3.81. The molecule has 20 heavy (non-hydrogen) atoms. The third-order valence-electron chi connectivity index (χ3n) is 5.46. The Hall–Kier alpha value is -0.610. The van der Waals surface area contributed by atoms with E-state index in [1.807, 2.05) is 0 Å². The summed E-state index contributed by atoms with van der Waals surface area (Å²) >= 11 is 0. The number of hydrogen-bond donors (Lipinski definition) is 2. The number of rotatable bonds is 5. The van der Waals surface area contributed by atoms with Crippen LogP contribution in [0.4, 0.5) is 0 Å². The number of likely N-dealkylation sites (N-methyl/N-ethyl adjacent to an activating group) is 1. The van der Waals surface area contributed by atoms with Gasteiger partial charge in [0.25, 0.3) is 0 Å². The summed E-state index contributed by atoms with van der Waals surface area (Å²) in [5.74, 6) is 0.785. The summed E-state index contributed by atoms with van der Waals surface area (Å²) in [6, 6.07) is 0.366. The molecule has 0 aromatic carbocycles. The summed E-state index contributed by atoms with van der Waals surface area (Å²) in [4.78, 5) is 14.5. The predicted octanol–water partition coefficient (Wildman–Crippen LogP) is 1.88. The lowest BCUT2D eigenvalue weighted by Gasteiger charge is -2.36. The highest BCUT2D eigenvalue weighted by molar-refractivity contribution is 5.76. The Morgan fingerprint density at radius 2 is 1.80 bits per heavy atom. The van der Waals surface area contributed by atoms with E-state index in [1.54, 1.807) is 0 Å². The van der Waals surface area contributed by atoms with Gasteiger partial charge in [0.2, 0.25) is 5.91 Å². The number of nitrogens with zero attached hydrogens (tertiary/aromatic N) is 1. The molecule has 1 amide bonds. The standard InChI is InChI=1S/C16H31N3O/c1-19(2)16(9-3-4-10-16)12-18-15(20)11-13-5-7-14(17)8-6-13/h13-14H,3-12,17H2,1-2H3,(H,18,20). The van der Waals surface area contributed by atoms with Gasteiger partial charge in [-0.25, -0.2) is 0 Å². The topological polar surface area (TPSA) is 58.4 Å². The molecule has 0 radical (unpaired) electrons. The van der Waals surface area contributed by atoms with Crippen molar-refractivity contribution in [2.24, 2.45) is 11.7 Å². The second kappa shape index (κ2) is 6.90. The average molecular weight is 281 g/mol. The molecule has 3 N–H and O–H groups in total. The molecule has 0 aromatic heterocycles. The van der Waals surface area contributed by atoms with Crippen LogP contribution in [-0.2, 0) is 4.79 Å². The van der Waals surface area contributed by atoms with Crippen LogP contribution in [0.25, 0.3) is 0 Å². The molecule has 2 saturated carbocycles. The van der Waals surface area contributed by atoms with Crippen LogP contribution in [0.15, 0.2) is 0 Å². The number of carbonyl (C=O) groups excluding carboxylic acids is 1. The molecule has 2 aliphatic carbocycles. The van der Waals surface area contributed by atoms with Crippen LogP contribution in [0.1, 0.15) is 57.8 Å². The van der Waals surface area contributed by atoms with Gasteiger partial charge < -0.3 is 16.0 Å². The molecule has 2 aliphatic rings. The average Bonchev–Trinajstić information content (AvgIpc) is 2.89. The molecule has 0 aliphatic heterocycles. The largest absolute Gasteiger partial charge is 0.354 e. The number of hydrogen-bond acceptors (Lipinski definition) is 3. The Bertz CT molecular complexity index is 316. The van der Waals surface area contributed by atoms with E-state index in [1.165, 1.54) is 25.7 Å². The van der Waals surface area contributed by atoms with E-state index < -0.39 is 0 Å². The molecule has 116 valence electrons. The first-order valence-electron chi connectivity index (χ1n) is 8.21. The summed E-state index contributed by atoms with van der Waals surface area (Å²) < 4.78 is 0. The summed E-state index contributed by atoms with van der Waals surface area (Å²) in [5.41, 5.74) is 6.11. The van der Waals surface area contributed by atoms with Crippen LogP contribution < -0.4 is 11.1 Å². The maximum atomic E-state index is 12.2. The van der Waals surface area contributed by atoms with E-state index in [0.29, 0.717) is 18.4 Å². The molecule has 0 bridgehead atoms. The van der Waals surface area contributed by atoms with Gasteiger partial charge in [-0.2, -0.15) is 0 Å². The summed E-state index contributed by atoms with van der Waals surface area (Å²) in [7, 11) is 4.28. The Morgan fingerprint density at radius 1 is 1.20 bits per heavy atom. The van der Waals surface area contributed by atoms with E-state index >= 15 is 0 Å². The number of nitrogens with two attached hydrogens (primary N) is 1. The van der Waals surface area contributed by atoms with Crippen molar-refractivity contribution in [3.8, 4) is 0 Å². The van der Waals surface area contributed by atoms with Gasteiger partial charge in [-0.3, -0.25) is 4.79 Å². The Labute approximate surface area is 123 Å². The summed E-state index contributed by atoms with van der Waals surface area (Å²) in [6.45, 7) is 0.811. The SMILES string of the molecule is CN(C)C1(CNC(=O)CC2CCC(N)CC2)CCCC1. The van der Waals surface area contributed by atoms with Crippen molar-refractivity contribution < 1.29 is 4.79 Å². The molecule has 2 rings (SSSR count). The van der Waals surface area contributed by atoms with Gasteiger partial charge in [-0.05, 0) is 58.5 Å². The van der Waals surface area contributed by atoms with Crippen LogP contribution in [0.2, 0.25) is 0 Å². The fourth-order valence-corrected chi connectivity index (χ4v) is 3.81. The molecule has 2 fully saturated rings. The zero-order valence-corrected chi connectivity index (χ0v) is 13.2.